The lowest BCUT2D eigenvalue weighted by Crippen LogP contribution is -2.03. The Morgan fingerprint density at radius 2 is 0.975 bits per heavy atom. The molecule has 0 aliphatic heterocycles. The zero-order chi connectivity index (χ0) is 26.7. The first-order valence-electron chi connectivity index (χ1n) is 13.9. The number of hydrogen-bond donors (Lipinski definition) is 0. The van der Waals surface area contributed by atoms with Gasteiger partial charge in [-0.3, -0.25) is 0 Å². The highest BCUT2D eigenvalue weighted by atomic mass is 15.1. The zero-order valence-corrected chi connectivity index (χ0v) is 22.3. The van der Waals surface area contributed by atoms with Gasteiger partial charge >= 0.3 is 0 Å². The van der Waals surface area contributed by atoms with Crippen LogP contribution in [0.5, 0.6) is 0 Å². The first kappa shape index (κ1) is 24.1. The van der Waals surface area contributed by atoms with Crippen molar-refractivity contribution in [3.63, 3.8) is 0 Å². The van der Waals surface area contributed by atoms with Crippen LogP contribution in [0.15, 0.2) is 133 Å². The highest BCUT2D eigenvalue weighted by Crippen LogP contribution is 2.28. The number of aryl methyl sites for hydroxylation is 2. The summed E-state index contributed by atoms with van der Waals surface area (Å²) in [5.74, 6) is 2.04. The molecule has 0 radical (unpaired) electrons. The van der Waals surface area contributed by atoms with E-state index in [0.29, 0.717) is 0 Å². The van der Waals surface area contributed by atoms with Gasteiger partial charge in [0.05, 0.1) is 22.1 Å². The van der Waals surface area contributed by atoms with Crippen molar-refractivity contribution >= 4 is 22.1 Å². The third-order valence-corrected chi connectivity index (χ3v) is 7.58. The lowest BCUT2D eigenvalue weighted by molar-refractivity contribution is 0.663. The molecule has 0 saturated heterocycles. The van der Waals surface area contributed by atoms with E-state index in [-0.39, 0.29) is 0 Å². The van der Waals surface area contributed by atoms with E-state index < -0.39 is 0 Å². The van der Waals surface area contributed by atoms with Crippen molar-refractivity contribution in [3.05, 3.63) is 145 Å². The first-order valence-corrected chi connectivity index (χ1v) is 13.9. The molecule has 194 valence electrons. The quantitative estimate of drug-likeness (QED) is 0.202. The number of para-hydroxylation sites is 4. The fourth-order valence-corrected chi connectivity index (χ4v) is 5.59. The van der Waals surface area contributed by atoms with Crippen molar-refractivity contribution in [1.29, 1.82) is 0 Å². The van der Waals surface area contributed by atoms with Gasteiger partial charge in [0.15, 0.2) is 0 Å². The smallest absolute Gasteiger partial charge is 0.141 e. The fraction of sp³-hybridized carbons (Fsp3) is 0.111. The molecule has 0 atom stereocenters. The van der Waals surface area contributed by atoms with E-state index in [1.165, 1.54) is 16.6 Å². The second kappa shape index (κ2) is 10.7. The van der Waals surface area contributed by atoms with Crippen LogP contribution < -0.4 is 0 Å². The number of aromatic nitrogens is 4. The Morgan fingerprint density at radius 1 is 0.450 bits per heavy atom. The molecular formula is C36H30N4. The molecule has 2 aromatic heterocycles. The van der Waals surface area contributed by atoms with Gasteiger partial charge in [-0.05, 0) is 48.2 Å². The van der Waals surface area contributed by atoms with E-state index in [1.54, 1.807) is 0 Å². The van der Waals surface area contributed by atoms with Crippen LogP contribution in [0, 0.1) is 0 Å². The predicted molar refractivity (Wildman–Crippen MR) is 164 cm³/mol. The third kappa shape index (κ3) is 4.69. The van der Waals surface area contributed by atoms with Crippen LogP contribution in [0.25, 0.3) is 44.8 Å². The normalized spacial score (nSPS) is 11.4. The van der Waals surface area contributed by atoms with Crippen molar-refractivity contribution in [3.8, 4) is 22.8 Å². The minimum Gasteiger partial charge on any atom is -0.324 e. The molecular weight excluding hydrogens is 488 g/mol. The molecule has 0 unspecified atom stereocenters. The average molecular weight is 519 g/mol. The highest BCUT2D eigenvalue weighted by Gasteiger charge is 2.14. The third-order valence-electron chi connectivity index (χ3n) is 7.58. The summed E-state index contributed by atoms with van der Waals surface area (Å²) in [7, 11) is 0. The van der Waals surface area contributed by atoms with Crippen molar-refractivity contribution in [2.24, 2.45) is 0 Å². The number of hydrogen-bond acceptors (Lipinski definition) is 2. The summed E-state index contributed by atoms with van der Waals surface area (Å²) in [6.45, 7) is 1.71. The van der Waals surface area contributed by atoms with E-state index in [2.05, 4.69) is 143 Å². The summed E-state index contributed by atoms with van der Waals surface area (Å²) >= 11 is 0. The van der Waals surface area contributed by atoms with E-state index in [1.807, 2.05) is 0 Å². The van der Waals surface area contributed by atoms with Gasteiger partial charge < -0.3 is 9.13 Å². The van der Waals surface area contributed by atoms with Gasteiger partial charge in [0.2, 0.25) is 0 Å². The molecule has 7 aromatic rings. The van der Waals surface area contributed by atoms with Crippen molar-refractivity contribution in [2.75, 3.05) is 0 Å². The molecule has 0 amide bonds. The Balaban J connectivity index is 1.12. The lowest BCUT2D eigenvalue weighted by atomic mass is 10.1. The second-order valence-corrected chi connectivity index (χ2v) is 10.2. The van der Waals surface area contributed by atoms with Gasteiger partial charge in [-0.2, -0.15) is 0 Å². The number of benzene rings is 5. The molecule has 0 saturated carbocycles. The zero-order valence-electron chi connectivity index (χ0n) is 22.3. The maximum atomic E-state index is 5.02. The summed E-state index contributed by atoms with van der Waals surface area (Å²) in [5, 5.41) is 0. The van der Waals surface area contributed by atoms with Crippen LogP contribution in [0.2, 0.25) is 0 Å². The summed E-state index contributed by atoms with van der Waals surface area (Å²) in [5.41, 5.74) is 9.32. The predicted octanol–water partition coefficient (Wildman–Crippen LogP) is 8.40. The summed E-state index contributed by atoms with van der Waals surface area (Å²) in [6, 6.07) is 46.9. The number of nitrogens with zero attached hydrogens (tertiary/aromatic N) is 4. The monoisotopic (exact) mass is 518 g/mol. The molecule has 0 fully saturated rings. The molecule has 4 heteroatoms. The highest BCUT2D eigenvalue weighted by molar-refractivity contribution is 5.81. The van der Waals surface area contributed by atoms with Crippen LogP contribution in [-0.2, 0) is 19.5 Å². The van der Waals surface area contributed by atoms with Crippen LogP contribution in [0.3, 0.4) is 0 Å². The van der Waals surface area contributed by atoms with E-state index in [0.717, 1.165) is 65.3 Å². The number of fused-ring (bicyclic) bond motifs is 2. The van der Waals surface area contributed by atoms with E-state index in [9.17, 15) is 0 Å². The SMILES string of the molecule is c1ccc(Cn2c(-c3ccc(CCCn4c(-c5ccccc5)nc5ccccc54)cc3)nc3ccccc32)cc1. The molecule has 5 aromatic carbocycles. The largest absolute Gasteiger partial charge is 0.324 e. The number of imidazole rings is 2. The average Bonchev–Trinajstić information content (AvgIpc) is 3.57. The second-order valence-electron chi connectivity index (χ2n) is 10.2. The minimum absolute atomic E-state index is 0.793. The van der Waals surface area contributed by atoms with Gasteiger partial charge in [0.1, 0.15) is 11.6 Å². The summed E-state index contributed by atoms with van der Waals surface area (Å²) < 4.78 is 4.69. The van der Waals surface area contributed by atoms with E-state index in [4.69, 9.17) is 9.97 Å². The molecule has 4 nitrogen and oxygen atoms in total. The number of rotatable bonds is 8. The van der Waals surface area contributed by atoms with Gasteiger partial charge in [-0.25, -0.2) is 9.97 Å². The summed E-state index contributed by atoms with van der Waals surface area (Å²) in [6.07, 6.45) is 2.04. The van der Waals surface area contributed by atoms with Crippen molar-refractivity contribution in [2.45, 2.75) is 25.9 Å². The Bertz CT molecular complexity index is 1880. The fourth-order valence-electron chi connectivity index (χ4n) is 5.59. The minimum atomic E-state index is 0.793. The maximum Gasteiger partial charge on any atom is 0.141 e. The van der Waals surface area contributed by atoms with Crippen LogP contribution in [-0.4, -0.2) is 19.1 Å². The Hall–Kier alpha value is -4.96. The van der Waals surface area contributed by atoms with Gasteiger partial charge in [0, 0.05) is 24.2 Å². The maximum absolute atomic E-state index is 5.02. The molecule has 0 aliphatic rings. The molecule has 2 heterocycles. The Morgan fingerprint density at radius 3 is 1.65 bits per heavy atom. The molecule has 40 heavy (non-hydrogen) atoms. The standard InChI is InChI=1S/C36H30N4/c1-3-12-28(13-4-1)26-40-34-20-10-8-18-32(34)38-36(40)30-23-21-27(22-24-30)14-11-25-39-33-19-9-7-17-31(33)37-35(39)29-15-5-2-6-16-29/h1-10,12-13,15-24H,11,14,25-26H2. The summed E-state index contributed by atoms with van der Waals surface area (Å²) in [4.78, 5) is 9.99. The van der Waals surface area contributed by atoms with Crippen LogP contribution in [0.4, 0.5) is 0 Å². The van der Waals surface area contributed by atoms with E-state index >= 15 is 0 Å². The van der Waals surface area contributed by atoms with Crippen LogP contribution in [0.1, 0.15) is 17.5 Å². The van der Waals surface area contributed by atoms with Crippen LogP contribution >= 0.6 is 0 Å². The molecule has 0 aliphatic carbocycles. The molecule has 0 bridgehead atoms. The molecule has 0 spiro atoms. The van der Waals surface area contributed by atoms with Gasteiger partial charge in [0.25, 0.3) is 0 Å². The first-order chi connectivity index (χ1) is 19.8. The molecule has 7 rings (SSSR count). The van der Waals surface area contributed by atoms with Gasteiger partial charge in [-0.1, -0.05) is 109 Å². The Kier molecular flexibility index (Phi) is 6.42. The topological polar surface area (TPSA) is 35.6 Å². The van der Waals surface area contributed by atoms with Crippen molar-refractivity contribution in [1.82, 2.24) is 19.1 Å². The Labute approximate surface area is 234 Å². The van der Waals surface area contributed by atoms with Gasteiger partial charge in [-0.15, -0.1) is 0 Å². The lowest BCUT2D eigenvalue weighted by Gasteiger charge is -2.11. The van der Waals surface area contributed by atoms with Crippen molar-refractivity contribution < 1.29 is 0 Å². The molecule has 0 N–H and O–H groups in total.